The van der Waals surface area contributed by atoms with Crippen LogP contribution in [-0.2, 0) is 0 Å². The van der Waals surface area contributed by atoms with E-state index in [1.54, 1.807) is 0 Å². The monoisotopic (exact) mass is 223 g/mol. The normalized spacial score (nSPS) is 26.6. The molecule has 94 valence electrons. The minimum Gasteiger partial charge on any atom is -0.302 e. The summed E-state index contributed by atoms with van der Waals surface area (Å²) in [4.78, 5) is 2.65. The van der Waals surface area contributed by atoms with Gasteiger partial charge in [-0.15, -0.1) is 0 Å². The summed E-state index contributed by atoms with van der Waals surface area (Å²) in [6, 6.07) is 0. The zero-order valence-corrected chi connectivity index (χ0v) is 12.1. The Balaban J connectivity index is 1.75. The molecule has 1 nitrogen and oxygen atoms in total. The molecule has 1 spiro atoms. The van der Waals surface area contributed by atoms with Crippen LogP contribution in [0, 0.1) is 22.2 Å². The highest BCUT2D eigenvalue weighted by molar-refractivity contribution is 5.06. The van der Waals surface area contributed by atoms with Crippen LogP contribution in [0.2, 0.25) is 0 Å². The second kappa shape index (κ2) is 3.48. The average molecular weight is 223 g/mol. The molecule has 0 N–H and O–H groups in total. The fourth-order valence-corrected chi connectivity index (χ4v) is 3.54. The third-order valence-corrected chi connectivity index (χ3v) is 4.40. The standard InChI is InChI=1S/C15H29N/c1-13(2,3)9-16-10-15(11-16)7-12(8-15)14(4,5)6/h12H,7-11H2,1-6H3. The highest BCUT2D eigenvalue weighted by atomic mass is 15.2. The molecule has 1 heterocycles. The Labute approximate surface area is 102 Å². The van der Waals surface area contributed by atoms with E-state index in [1.165, 1.54) is 32.5 Å². The van der Waals surface area contributed by atoms with Gasteiger partial charge in [-0.2, -0.15) is 0 Å². The summed E-state index contributed by atoms with van der Waals surface area (Å²) in [5, 5.41) is 0. The summed E-state index contributed by atoms with van der Waals surface area (Å²) < 4.78 is 0. The van der Waals surface area contributed by atoms with Crippen LogP contribution in [0.3, 0.4) is 0 Å². The van der Waals surface area contributed by atoms with Crippen LogP contribution in [0.15, 0.2) is 0 Å². The van der Waals surface area contributed by atoms with Crippen LogP contribution in [0.4, 0.5) is 0 Å². The molecule has 1 saturated heterocycles. The molecule has 1 aliphatic heterocycles. The van der Waals surface area contributed by atoms with Crippen LogP contribution in [-0.4, -0.2) is 24.5 Å². The third-order valence-electron chi connectivity index (χ3n) is 4.40. The Morgan fingerprint density at radius 3 is 1.88 bits per heavy atom. The lowest BCUT2D eigenvalue weighted by Crippen LogP contribution is -2.64. The van der Waals surface area contributed by atoms with Gasteiger partial charge in [0.25, 0.3) is 0 Å². The fraction of sp³-hybridized carbons (Fsp3) is 1.00. The molecular formula is C15H29N. The number of rotatable bonds is 1. The van der Waals surface area contributed by atoms with Gasteiger partial charge in [-0.1, -0.05) is 41.5 Å². The first kappa shape index (κ1) is 12.4. The number of hydrogen-bond donors (Lipinski definition) is 0. The Hall–Kier alpha value is -0.0400. The second-order valence-electron chi connectivity index (χ2n) is 8.68. The van der Waals surface area contributed by atoms with Crippen molar-refractivity contribution >= 4 is 0 Å². The minimum absolute atomic E-state index is 0.467. The largest absolute Gasteiger partial charge is 0.302 e. The second-order valence-corrected chi connectivity index (χ2v) is 8.68. The molecule has 0 unspecified atom stereocenters. The maximum atomic E-state index is 2.65. The average Bonchev–Trinajstić information content (AvgIpc) is 1.85. The third kappa shape index (κ3) is 2.45. The zero-order chi connectivity index (χ0) is 12.2. The Kier molecular flexibility index (Phi) is 2.70. The molecule has 0 aromatic heterocycles. The first-order valence-corrected chi connectivity index (χ1v) is 6.82. The summed E-state index contributed by atoms with van der Waals surface area (Å²) in [6.45, 7) is 18.2. The van der Waals surface area contributed by atoms with Crippen molar-refractivity contribution < 1.29 is 0 Å². The topological polar surface area (TPSA) is 3.24 Å². The van der Waals surface area contributed by atoms with Crippen molar-refractivity contribution in [3.63, 3.8) is 0 Å². The predicted molar refractivity (Wildman–Crippen MR) is 70.5 cm³/mol. The Morgan fingerprint density at radius 1 is 1.00 bits per heavy atom. The van der Waals surface area contributed by atoms with Gasteiger partial charge in [0.15, 0.2) is 0 Å². The molecular weight excluding hydrogens is 194 g/mol. The smallest absolute Gasteiger partial charge is 0.00509 e. The molecule has 2 fully saturated rings. The van der Waals surface area contributed by atoms with Gasteiger partial charge in [-0.3, -0.25) is 0 Å². The van der Waals surface area contributed by atoms with E-state index in [0.717, 1.165) is 11.3 Å². The lowest BCUT2D eigenvalue weighted by atomic mass is 9.51. The van der Waals surface area contributed by atoms with E-state index in [0.29, 0.717) is 10.8 Å². The van der Waals surface area contributed by atoms with Crippen LogP contribution in [0.5, 0.6) is 0 Å². The lowest BCUT2D eigenvalue weighted by molar-refractivity contribution is -0.129. The van der Waals surface area contributed by atoms with Gasteiger partial charge in [-0.25, -0.2) is 0 Å². The first-order valence-electron chi connectivity index (χ1n) is 6.82. The van der Waals surface area contributed by atoms with E-state index in [1.807, 2.05) is 0 Å². The summed E-state index contributed by atoms with van der Waals surface area (Å²) in [5.74, 6) is 0.976. The molecule has 0 bridgehead atoms. The Morgan fingerprint density at radius 2 is 1.50 bits per heavy atom. The van der Waals surface area contributed by atoms with Crippen LogP contribution in [0.1, 0.15) is 54.4 Å². The highest BCUT2D eigenvalue weighted by Crippen LogP contribution is 2.57. The molecule has 0 aromatic rings. The summed E-state index contributed by atoms with van der Waals surface area (Å²) >= 11 is 0. The number of likely N-dealkylation sites (tertiary alicyclic amines) is 1. The SMILES string of the molecule is CC(C)(C)CN1CC2(CC(C(C)(C)C)C2)C1. The van der Waals surface area contributed by atoms with E-state index >= 15 is 0 Å². The van der Waals surface area contributed by atoms with Gasteiger partial charge < -0.3 is 4.90 Å². The van der Waals surface area contributed by atoms with Crippen molar-refractivity contribution in [2.45, 2.75) is 54.4 Å². The molecule has 1 saturated carbocycles. The maximum Gasteiger partial charge on any atom is 0.00509 e. The molecule has 0 radical (unpaired) electrons. The van der Waals surface area contributed by atoms with Crippen molar-refractivity contribution in [3.8, 4) is 0 Å². The van der Waals surface area contributed by atoms with Crippen molar-refractivity contribution in [1.82, 2.24) is 4.90 Å². The van der Waals surface area contributed by atoms with E-state index < -0.39 is 0 Å². The van der Waals surface area contributed by atoms with Crippen molar-refractivity contribution in [2.24, 2.45) is 22.2 Å². The van der Waals surface area contributed by atoms with E-state index in [9.17, 15) is 0 Å². The summed E-state index contributed by atoms with van der Waals surface area (Å²) in [7, 11) is 0. The van der Waals surface area contributed by atoms with Gasteiger partial charge in [0.2, 0.25) is 0 Å². The van der Waals surface area contributed by atoms with Gasteiger partial charge in [0.1, 0.15) is 0 Å². The number of hydrogen-bond acceptors (Lipinski definition) is 1. The lowest BCUT2D eigenvalue weighted by Gasteiger charge is -2.62. The van der Waals surface area contributed by atoms with E-state index in [-0.39, 0.29) is 0 Å². The molecule has 0 atom stereocenters. The first-order chi connectivity index (χ1) is 7.10. The Bertz CT molecular complexity index is 252. The number of nitrogens with zero attached hydrogens (tertiary/aromatic N) is 1. The molecule has 1 aliphatic carbocycles. The molecule has 1 heteroatoms. The van der Waals surface area contributed by atoms with Crippen LogP contribution in [0.25, 0.3) is 0 Å². The molecule has 0 aromatic carbocycles. The molecule has 16 heavy (non-hydrogen) atoms. The summed E-state index contributed by atoms with van der Waals surface area (Å²) in [5.41, 5.74) is 1.74. The van der Waals surface area contributed by atoms with E-state index in [2.05, 4.69) is 46.4 Å². The summed E-state index contributed by atoms with van der Waals surface area (Å²) in [6.07, 6.45) is 2.97. The van der Waals surface area contributed by atoms with Crippen LogP contribution >= 0.6 is 0 Å². The quantitative estimate of drug-likeness (QED) is 0.654. The van der Waals surface area contributed by atoms with Gasteiger partial charge in [0, 0.05) is 19.6 Å². The molecule has 0 amide bonds. The predicted octanol–water partition coefficient (Wildman–Crippen LogP) is 3.79. The minimum atomic E-state index is 0.467. The zero-order valence-electron chi connectivity index (χ0n) is 12.1. The molecule has 2 rings (SSSR count). The van der Waals surface area contributed by atoms with Crippen LogP contribution < -0.4 is 0 Å². The van der Waals surface area contributed by atoms with Gasteiger partial charge >= 0.3 is 0 Å². The van der Waals surface area contributed by atoms with Crippen molar-refractivity contribution in [1.29, 1.82) is 0 Å². The van der Waals surface area contributed by atoms with Gasteiger partial charge in [-0.05, 0) is 35.0 Å². The maximum absolute atomic E-state index is 2.65. The van der Waals surface area contributed by atoms with Crippen molar-refractivity contribution in [3.05, 3.63) is 0 Å². The van der Waals surface area contributed by atoms with E-state index in [4.69, 9.17) is 0 Å². The van der Waals surface area contributed by atoms with Crippen molar-refractivity contribution in [2.75, 3.05) is 19.6 Å². The van der Waals surface area contributed by atoms with Gasteiger partial charge in [0.05, 0.1) is 0 Å². The molecule has 2 aliphatic rings. The highest BCUT2D eigenvalue weighted by Gasteiger charge is 2.54. The fourth-order valence-electron chi connectivity index (χ4n) is 3.54.